The maximum absolute atomic E-state index is 11.9. The molecule has 0 fully saturated rings. The predicted molar refractivity (Wildman–Crippen MR) is 101 cm³/mol. The molecule has 4 heteroatoms. The molecule has 2 aromatic carbocycles. The van der Waals surface area contributed by atoms with E-state index in [2.05, 4.69) is 28.5 Å². The Balaban J connectivity index is 1.76. The molecule has 1 N–H and O–H groups in total. The Morgan fingerprint density at radius 3 is 2.65 bits per heavy atom. The highest BCUT2D eigenvalue weighted by molar-refractivity contribution is 5.99. The van der Waals surface area contributed by atoms with Gasteiger partial charge >= 0.3 is 0 Å². The number of amides is 1. The molecule has 1 aromatic heterocycles. The third kappa shape index (κ3) is 3.20. The van der Waals surface area contributed by atoms with Crippen molar-refractivity contribution >= 4 is 11.6 Å². The monoisotopic (exact) mass is 339 g/mol. The zero-order valence-corrected chi connectivity index (χ0v) is 14.2. The summed E-state index contributed by atoms with van der Waals surface area (Å²) >= 11 is 0. The largest absolute Gasteiger partial charge is 0.325 e. The Morgan fingerprint density at radius 1 is 1.08 bits per heavy atom. The molecule has 1 aliphatic heterocycles. The maximum Gasteiger partial charge on any atom is 0.224 e. The van der Waals surface area contributed by atoms with Crippen molar-refractivity contribution in [3.8, 4) is 17.2 Å². The fraction of sp³-hybridized carbons (Fsp3) is 0.136. The molecule has 0 aliphatic carbocycles. The molecule has 2 heterocycles. The highest BCUT2D eigenvalue weighted by atomic mass is 16.1. The van der Waals surface area contributed by atoms with Crippen LogP contribution in [0, 0.1) is 11.3 Å². The van der Waals surface area contributed by atoms with Crippen molar-refractivity contribution in [1.82, 2.24) is 4.98 Å². The highest BCUT2D eigenvalue weighted by Crippen LogP contribution is 2.35. The quantitative estimate of drug-likeness (QED) is 0.781. The van der Waals surface area contributed by atoms with E-state index in [0.717, 1.165) is 40.8 Å². The van der Waals surface area contributed by atoms with Crippen molar-refractivity contribution in [1.29, 1.82) is 5.26 Å². The number of anilines is 1. The molecule has 1 amide bonds. The van der Waals surface area contributed by atoms with Crippen molar-refractivity contribution in [3.63, 3.8) is 0 Å². The van der Waals surface area contributed by atoms with Gasteiger partial charge in [0.2, 0.25) is 5.91 Å². The third-order valence-electron chi connectivity index (χ3n) is 4.63. The molecule has 4 nitrogen and oxygen atoms in total. The second kappa shape index (κ2) is 6.81. The van der Waals surface area contributed by atoms with E-state index in [1.807, 2.05) is 42.6 Å². The summed E-state index contributed by atoms with van der Waals surface area (Å²) in [5.41, 5.74) is 7.06. The van der Waals surface area contributed by atoms with Crippen LogP contribution < -0.4 is 5.32 Å². The summed E-state index contributed by atoms with van der Waals surface area (Å²) in [6.45, 7) is 0. The van der Waals surface area contributed by atoms with E-state index in [0.29, 0.717) is 12.0 Å². The molecule has 0 spiro atoms. The predicted octanol–water partition coefficient (Wildman–Crippen LogP) is 4.10. The topological polar surface area (TPSA) is 65.8 Å². The zero-order chi connectivity index (χ0) is 17.9. The van der Waals surface area contributed by atoms with Crippen LogP contribution in [0.3, 0.4) is 0 Å². The molecular formula is C22H17N3O. The van der Waals surface area contributed by atoms with Gasteiger partial charge in [-0.1, -0.05) is 24.3 Å². The number of nitrogens with zero attached hydrogens (tertiary/aromatic N) is 2. The average molecular weight is 339 g/mol. The minimum absolute atomic E-state index is 0.0579. The van der Waals surface area contributed by atoms with Crippen molar-refractivity contribution in [2.45, 2.75) is 19.3 Å². The van der Waals surface area contributed by atoms with Crippen molar-refractivity contribution < 1.29 is 4.79 Å². The van der Waals surface area contributed by atoms with Crippen LogP contribution in [-0.2, 0) is 17.6 Å². The number of nitrogens with one attached hydrogen (secondary N) is 1. The fourth-order valence-electron chi connectivity index (χ4n) is 3.35. The van der Waals surface area contributed by atoms with E-state index in [1.54, 1.807) is 6.20 Å². The molecule has 0 saturated carbocycles. The molecule has 3 aromatic rings. The average Bonchev–Trinajstić information content (AvgIpc) is 2.69. The lowest BCUT2D eigenvalue weighted by Crippen LogP contribution is -2.20. The summed E-state index contributed by atoms with van der Waals surface area (Å²) in [6.07, 6.45) is 5.60. The lowest BCUT2D eigenvalue weighted by Gasteiger charge is -2.22. The van der Waals surface area contributed by atoms with Crippen LogP contribution in [0.15, 0.2) is 60.9 Å². The molecule has 1 aliphatic rings. The highest BCUT2D eigenvalue weighted by Gasteiger charge is 2.20. The summed E-state index contributed by atoms with van der Waals surface area (Å²) in [4.78, 5) is 16.1. The first-order valence-electron chi connectivity index (χ1n) is 8.58. The van der Waals surface area contributed by atoms with Gasteiger partial charge in [-0.3, -0.25) is 9.78 Å². The van der Waals surface area contributed by atoms with Gasteiger partial charge in [-0.05, 0) is 53.8 Å². The van der Waals surface area contributed by atoms with E-state index >= 15 is 0 Å². The smallest absolute Gasteiger partial charge is 0.224 e. The summed E-state index contributed by atoms with van der Waals surface area (Å²) < 4.78 is 0. The van der Waals surface area contributed by atoms with E-state index in [4.69, 9.17) is 5.26 Å². The van der Waals surface area contributed by atoms with Crippen LogP contribution >= 0.6 is 0 Å². The van der Waals surface area contributed by atoms with Gasteiger partial charge in [0.1, 0.15) is 0 Å². The lowest BCUT2D eigenvalue weighted by molar-refractivity contribution is -0.116. The lowest BCUT2D eigenvalue weighted by atomic mass is 9.91. The van der Waals surface area contributed by atoms with Crippen molar-refractivity contribution in [3.05, 3.63) is 83.2 Å². The van der Waals surface area contributed by atoms with Crippen LogP contribution in [0.25, 0.3) is 11.1 Å². The second-order valence-electron chi connectivity index (χ2n) is 6.45. The minimum Gasteiger partial charge on any atom is -0.325 e. The third-order valence-corrected chi connectivity index (χ3v) is 4.63. The van der Waals surface area contributed by atoms with E-state index in [-0.39, 0.29) is 5.91 Å². The van der Waals surface area contributed by atoms with Gasteiger partial charge in [0.05, 0.1) is 17.3 Å². The Morgan fingerprint density at radius 2 is 1.92 bits per heavy atom. The Kier molecular flexibility index (Phi) is 4.20. The van der Waals surface area contributed by atoms with Crippen molar-refractivity contribution in [2.24, 2.45) is 0 Å². The van der Waals surface area contributed by atoms with Crippen LogP contribution in [-0.4, -0.2) is 10.9 Å². The van der Waals surface area contributed by atoms with E-state index in [9.17, 15) is 4.79 Å². The minimum atomic E-state index is 0.0579. The first kappa shape index (κ1) is 16.0. The SMILES string of the molecule is N#Cc1ccc(Cc2cc3c(c(-c4cccnc4)c2)NC(=O)CC3)cc1. The van der Waals surface area contributed by atoms with E-state index in [1.165, 1.54) is 5.56 Å². The Bertz CT molecular complexity index is 1000. The summed E-state index contributed by atoms with van der Waals surface area (Å²) in [6, 6.07) is 18.0. The second-order valence-corrected chi connectivity index (χ2v) is 6.45. The molecule has 4 rings (SSSR count). The number of benzene rings is 2. The number of hydrogen-bond acceptors (Lipinski definition) is 3. The first-order valence-corrected chi connectivity index (χ1v) is 8.58. The standard InChI is InChI=1S/C22H17N3O/c23-13-16-5-3-15(4-6-16)10-17-11-18-7-8-21(26)25-22(18)20(12-17)19-2-1-9-24-14-19/h1-6,9,11-12,14H,7-8,10H2,(H,25,26). The molecule has 0 bridgehead atoms. The summed E-state index contributed by atoms with van der Waals surface area (Å²) in [5.74, 6) is 0.0579. The molecule has 0 atom stereocenters. The van der Waals surface area contributed by atoms with Gasteiger partial charge in [0, 0.05) is 29.9 Å². The normalized spacial score (nSPS) is 12.8. The molecule has 0 unspecified atom stereocenters. The molecule has 126 valence electrons. The molecule has 0 radical (unpaired) electrons. The van der Waals surface area contributed by atoms with Crippen LogP contribution in [0.4, 0.5) is 5.69 Å². The van der Waals surface area contributed by atoms with Crippen molar-refractivity contribution in [2.75, 3.05) is 5.32 Å². The van der Waals surface area contributed by atoms with Gasteiger partial charge in [-0.2, -0.15) is 5.26 Å². The molecule has 0 saturated heterocycles. The van der Waals surface area contributed by atoms with Crippen LogP contribution in [0.2, 0.25) is 0 Å². The number of nitriles is 1. The summed E-state index contributed by atoms with van der Waals surface area (Å²) in [5, 5.41) is 12.0. The van der Waals surface area contributed by atoms with Crippen LogP contribution in [0.5, 0.6) is 0 Å². The number of aryl methyl sites for hydroxylation is 1. The van der Waals surface area contributed by atoms with E-state index < -0.39 is 0 Å². The Labute approximate surface area is 152 Å². The fourth-order valence-corrected chi connectivity index (χ4v) is 3.35. The van der Waals surface area contributed by atoms with Crippen LogP contribution in [0.1, 0.15) is 28.7 Å². The van der Waals surface area contributed by atoms with Gasteiger partial charge in [0.25, 0.3) is 0 Å². The molecular weight excluding hydrogens is 322 g/mol. The number of hydrogen-bond donors (Lipinski definition) is 1. The number of rotatable bonds is 3. The number of aromatic nitrogens is 1. The number of pyridine rings is 1. The first-order chi connectivity index (χ1) is 12.7. The zero-order valence-electron chi connectivity index (χ0n) is 14.2. The maximum atomic E-state index is 11.9. The molecule has 26 heavy (non-hydrogen) atoms. The summed E-state index contributed by atoms with van der Waals surface area (Å²) in [7, 11) is 0. The van der Waals surface area contributed by atoms with Gasteiger partial charge in [-0.15, -0.1) is 0 Å². The Hall–Kier alpha value is -3.45. The van der Waals surface area contributed by atoms with Gasteiger partial charge < -0.3 is 5.32 Å². The number of fused-ring (bicyclic) bond motifs is 1. The number of carbonyl (C=O) groups is 1. The number of carbonyl (C=O) groups excluding carboxylic acids is 1. The van der Waals surface area contributed by atoms with Gasteiger partial charge in [0.15, 0.2) is 0 Å². The van der Waals surface area contributed by atoms with Gasteiger partial charge in [-0.25, -0.2) is 0 Å².